The summed E-state index contributed by atoms with van der Waals surface area (Å²) in [5.41, 5.74) is 1.37. The molecular weight excluding hydrogens is 146 g/mol. The van der Waals surface area contributed by atoms with Gasteiger partial charge in [-0.25, -0.2) is 8.78 Å². The van der Waals surface area contributed by atoms with Gasteiger partial charge in [0.15, 0.2) is 0 Å². The molecule has 0 nitrogen and oxygen atoms in total. The van der Waals surface area contributed by atoms with Crippen molar-refractivity contribution in [2.24, 2.45) is 0 Å². The fraction of sp³-hybridized carbons (Fsp3) is 0.222. The molecule has 1 aliphatic rings. The van der Waals surface area contributed by atoms with Gasteiger partial charge in [0.05, 0.1) is 6.07 Å². The second-order valence-electron chi connectivity index (χ2n) is 2.63. The van der Waals surface area contributed by atoms with Crippen LogP contribution < -0.4 is 0 Å². The molecule has 56 valence electrons. The maximum Gasteiger partial charge on any atom is 0.137 e. The minimum Gasteiger partial charge on any atom is -0.206 e. The van der Waals surface area contributed by atoms with E-state index in [4.69, 9.17) is 0 Å². The fourth-order valence-corrected chi connectivity index (χ4v) is 1.37. The Morgan fingerprint density at radius 2 is 2.09 bits per heavy atom. The van der Waals surface area contributed by atoms with Crippen LogP contribution in [0.3, 0.4) is 0 Å². The molecule has 0 saturated heterocycles. The molecule has 0 N–H and O–H groups in total. The second-order valence-corrected chi connectivity index (χ2v) is 2.63. The monoisotopic (exact) mass is 152 g/mol. The Bertz CT molecular complexity index is 292. The van der Waals surface area contributed by atoms with E-state index in [-0.39, 0.29) is 0 Å². The van der Waals surface area contributed by atoms with Crippen LogP contribution in [-0.4, -0.2) is 0 Å². The number of hydrogen-bond donors (Lipinski definition) is 0. The molecule has 0 amide bonds. The van der Waals surface area contributed by atoms with Gasteiger partial charge in [-0.1, -0.05) is 0 Å². The quantitative estimate of drug-likeness (QED) is 0.533. The topological polar surface area (TPSA) is 0 Å². The molecule has 0 atom stereocenters. The number of hydrogen-bond acceptors (Lipinski definition) is 0. The van der Waals surface area contributed by atoms with Crippen LogP contribution in [0.4, 0.5) is 8.78 Å². The van der Waals surface area contributed by atoms with E-state index in [0.717, 1.165) is 5.56 Å². The van der Waals surface area contributed by atoms with E-state index in [1.807, 2.05) is 12.5 Å². The maximum atomic E-state index is 12.8. The molecule has 0 aliphatic heterocycles. The third-order valence-corrected chi connectivity index (χ3v) is 1.90. The minimum absolute atomic E-state index is 0.534. The zero-order chi connectivity index (χ0) is 7.84. The Balaban J connectivity index is 2.60. The summed E-state index contributed by atoms with van der Waals surface area (Å²) in [5, 5.41) is 0. The predicted molar refractivity (Wildman–Crippen MR) is 36.9 cm³/mol. The molecule has 0 unspecified atom stereocenters. The molecule has 2 radical (unpaired) electrons. The summed E-state index contributed by atoms with van der Waals surface area (Å²) in [7, 11) is 0. The highest BCUT2D eigenvalue weighted by atomic mass is 19.1. The SMILES string of the molecule is Fc1[c]c(F)c2c(c1)C[CH]C2. The molecule has 1 aromatic carbocycles. The van der Waals surface area contributed by atoms with Gasteiger partial charge in [-0.2, -0.15) is 0 Å². The minimum atomic E-state index is -0.600. The Morgan fingerprint density at radius 3 is 2.91 bits per heavy atom. The largest absolute Gasteiger partial charge is 0.206 e. The first kappa shape index (κ1) is 6.77. The van der Waals surface area contributed by atoms with Gasteiger partial charge in [0.2, 0.25) is 0 Å². The van der Waals surface area contributed by atoms with Gasteiger partial charge < -0.3 is 0 Å². The van der Waals surface area contributed by atoms with Crippen LogP contribution in [0.2, 0.25) is 0 Å². The highest BCUT2D eigenvalue weighted by molar-refractivity contribution is 5.35. The zero-order valence-electron chi connectivity index (χ0n) is 5.82. The van der Waals surface area contributed by atoms with Crippen molar-refractivity contribution in [1.29, 1.82) is 0 Å². The van der Waals surface area contributed by atoms with Crippen molar-refractivity contribution in [2.45, 2.75) is 12.8 Å². The van der Waals surface area contributed by atoms with Gasteiger partial charge in [0.25, 0.3) is 0 Å². The number of benzene rings is 1. The average molecular weight is 152 g/mol. The molecule has 1 aliphatic carbocycles. The van der Waals surface area contributed by atoms with Crippen molar-refractivity contribution >= 4 is 0 Å². The van der Waals surface area contributed by atoms with Crippen molar-refractivity contribution in [2.75, 3.05) is 0 Å². The van der Waals surface area contributed by atoms with Crippen LogP contribution in [-0.2, 0) is 12.8 Å². The molecule has 0 fully saturated rings. The van der Waals surface area contributed by atoms with Crippen LogP contribution in [0.25, 0.3) is 0 Å². The van der Waals surface area contributed by atoms with Crippen LogP contribution >= 0.6 is 0 Å². The van der Waals surface area contributed by atoms with E-state index >= 15 is 0 Å². The van der Waals surface area contributed by atoms with Crippen LogP contribution in [0, 0.1) is 24.1 Å². The molecule has 2 rings (SSSR count). The summed E-state index contributed by atoms with van der Waals surface area (Å²) >= 11 is 0. The highest BCUT2D eigenvalue weighted by Crippen LogP contribution is 2.24. The van der Waals surface area contributed by atoms with E-state index in [0.29, 0.717) is 18.4 Å². The Hall–Kier alpha value is -0.920. The molecular formula is C9H6F2. The molecule has 0 heterocycles. The van der Waals surface area contributed by atoms with Crippen molar-refractivity contribution in [3.8, 4) is 0 Å². The summed E-state index contributed by atoms with van der Waals surface area (Å²) in [4.78, 5) is 0. The zero-order valence-corrected chi connectivity index (χ0v) is 5.82. The standard InChI is InChI=1S/C9H6F2/c10-7-4-6-2-1-3-8(6)9(11)5-7/h1,4H,2-3H2. The molecule has 11 heavy (non-hydrogen) atoms. The first-order valence-electron chi connectivity index (χ1n) is 3.48. The summed E-state index contributed by atoms with van der Waals surface area (Å²) in [6.07, 6.45) is 3.22. The van der Waals surface area contributed by atoms with Gasteiger partial charge in [0.1, 0.15) is 11.6 Å². The van der Waals surface area contributed by atoms with E-state index in [2.05, 4.69) is 0 Å². The molecule has 0 saturated carbocycles. The third kappa shape index (κ3) is 1.02. The van der Waals surface area contributed by atoms with Crippen LogP contribution in [0.5, 0.6) is 0 Å². The molecule has 0 bridgehead atoms. The number of fused-ring (bicyclic) bond motifs is 1. The first-order valence-corrected chi connectivity index (χ1v) is 3.48. The van der Waals surface area contributed by atoms with Gasteiger partial charge in [-0.05, 0) is 36.5 Å². The van der Waals surface area contributed by atoms with E-state index in [1.165, 1.54) is 6.07 Å². The van der Waals surface area contributed by atoms with Crippen molar-refractivity contribution in [3.05, 3.63) is 41.3 Å². The van der Waals surface area contributed by atoms with Crippen molar-refractivity contribution in [1.82, 2.24) is 0 Å². The smallest absolute Gasteiger partial charge is 0.137 e. The number of halogens is 2. The summed E-state index contributed by atoms with van der Waals surface area (Å²) in [6, 6.07) is 3.37. The van der Waals surface area contributed by atoms with Gasteiger partial charge in [-0.3, -0.25) is 0 Å². The van der Waals surface area contributed by atoms with E-state index in [1.54, 1.807) is 0 Å². The summed E-state index contributed by atoms with van der Waals surface area (Å²) in [5.74, 6) is -1.13. The normalized spacial score (nSPS) is 15.1. The van der Waals surface area contributed by atoms with Crippen molar-refractivity contribution < 1.29 is 8.78 Å². The Kier molecular flexibility index (Phi) is 1.41. The van der Waals surface area contributed by atoms with Crippen LogP contribution in [0.1, 0.15) is 11.1 Å². The number of rotatable bonds is 0. The highest BCUT2D eigenvalue weighted by Gasteiger charge is 2.16. The van der Waals surface area contributed by atoms with E-state index < -0.39 is 11.6 Å². The lowest BCUT2D eigenvalue weighted by Gasteiger charge is -1.98. The van der Waals surface area contributed by atoms with Gasteiger partial charge >= 0.3 is 0 Å². The van der Waals surface area contributed by atoms with E-state index in [9.17, 15) is 8.78 Å². The lowest BCUT2D eigenvalue weighted by Crippen LogP contribution is -1.90. The summed E-state index contributed by atoms with van der Waals surface area (Å²) < 4.78 is 25.3. The van der Waals surface area contributed by atoms with Crippen LogP contribution in [0.15, 0.2) is 6.07 Å². The Morgan fingerprint density at radius 1 is 1.27 bits per heavy atom. The molecule has 1 aromatic rings. The summed E-state index contributed by atoms with van der Waals surface area (Å²) in [6.45, 7) is 0. The molecule has 0 spiro atoms. The first-order chi connectivity index (χ1) is 5.27. The van der Waals surface area contributed by atoms with Gasteiger partial charge in [-0.15, -0.1) is 0 Å². The Labute approximate surface area is 63.9 Å². The lowest BCUT2D eigenvalue weighted by atomic mass is 10.1. The second kappa shape index (κ2) is 2.29. The van der Waals surface area contributed by atoms with Gasteiger partial charge in [0, 0.05) is 0 Å². The fourth-order valence-electron chi connectivity index (χ4n) is 1.37. The van der Waals surface area contributed by atoms with Crippen molar-refractivity contribution in [3.63, 3.8) is 0 Å². The predicted octanol–water partition coefficient (Wildman–Crippen LogP) is 2.07. The maximum absolute atomic E-state index is 12.8. The lowest BCUT2D eigenvalue weighted by molar-refractivity contribution is 0.571. The molecule has 2 heteroatoms. The third-order valence-electron chi connectivity index (χ3n) is 1.90. The molecule has 0 aromatic heterocycles. The average Bonchev–Trinajstić information content (AvgIpc) is 2.34.